The monoisotopic (exact) mass is 265 g/mol. The molecule has 1 amide bonds. The van der Waals surface area contributed by atoms with Gasteiger partial charge < -0.3 is 19.8 Å². The molecule has 1 saturated heterocycles. The van der Waals surface area contributed by atoms with Gasteiger partial charge in [-0.25, -0.2) is 0 Å². The lowest BCUT2D eigenvalue weighted by Crippen LogP contribution is -2.46. The van der Waals surface area contributed by atoms with Gasteiger partial charge in [0, 0.05) is 18.2 Å². The molecule has 1 aromatic rings. The maximum Gasteiger partial charge on any atom is 0.303 e. The first-order chi connectivity index (χ1) is 9.06. The molecule has 0 aliphatic carbocycles. The molecule has 1 aromatic carbocycles. The van der Waals surface area contributed by atoms with E-state index in [9.17, 15) is 14.7 Å². The van der Waals surface area contributed by atoms with Gasteiger partial charge in [0.05, 0.1) is 12.6 Å². The Labute approximate surface area is 110 Å². The summed E-state index contributed by atoms with van der Waals surface area (Å²) in [5.41, 5.74) is 0.591. The second-order valence-corrected chi connectivity index (χ2v) is 4.39. The first-order valence-electron chi connectivity index (χ1n) is 5.99. The van der Waals surface area contributed by atoms with Gasteiger partial charge in [0.1, 0.15) is 12.4 Å². The number of aliphatic carboxylic acids is 1. The van der Waals surface area contributed by atoms with E-state index in [1.54, 1.807) is 12.1 Å². The van der Waals surface area contributed by atoms with Crippen molar-refractivity contribution in [1.29, 1.82) is 0 Å². The van der Waals surface area contributed by atoms with Crippen molar-refractivity contribution in [2.45, 2.75) is 18.9 Å². The summed E-state index contributed by atoms with van der Waals surface area (Å²) in [5, 5.41) is 18.1. The number of rotatable bonds is 4. The van der Waals surface area contributed by atoms with E-state index in [4.69, 9.17) is 9.84 Å². The Bertz CT molecular complexity index is 488. The molecule has 6 heteroatoms. The fourth-order valence-corrected chi connectivity index (χ4v) is 1.99. The summed E-state index contributed by atoms with van der Waals surface area (Å²) in [5.74, 6) is -1.000. The van der Waals surface area contributed by atoms with Crippen LogP contribution in [0.15, 0.2) is 24.3 Å². The molecule has 1 aliphatic rings. The number of phenolic OH excluding ortho intramolecular Hbond substituents is 1. The topological polar surface area (TPSA) is 87.1 Å². The first-order valence-corrected chi connectivity index (χ1v) is 5.99. The normalized spacial score (nSPS) is 19.5. The minimum atomic E-state index is -0.885. The Hall–Kier alpha value is -2.08. The number of nitrogens with zero attached hydrogens (tertiary/aromatic N) is 1. The number of carbonyl (C=O) groups is 2. The molecular formula is C13H15NO5. The molecule has 1 aliphatic heterocycles. The smallest absolute Gasteiger partial charge is 0.303 e. The fourth-order valence-electron chi connectivity index (χ4n) is 1.99. The molecule has 2 rings (SSSR count). The van der Waals surface area contributed by atoms with Gasteiger partial charge in [-0.05, 0) is 18.6 Å². The van der Waals surface area contributed by atoms with Crippen LogP contribution in [0.2, 0.25) is 0 Å². The first kappa shape index (κ1) is 13.4. The van der Waals surface area contributed by atoms with Crippen LogP contribution in [0.25, 0.3) is 0 Å². The van der Waals surface area contributed by atoms with Crippen LogP contribution in [-0.2, 0) is 14.3 Å². The van der Waals surface area contributed by atoms with Crippen molar-refractivity contribution in [3.05, 3.63) is 24.3 Å². The number of hydrogen-bond acceptors (Lipinski definition) is 4. The summed E-state index contributed by atoms with van der Waals surface area (Å²) in [6.07, 6.45) is 0.0705. The van der Waals surface area contributed by atoms with Crippen LogP contribution in [0.3, 0.4) is 0 Å². The molecular weight excluding hydrogens is 250 g/mol. The van der Waals surface area contributed by atoms with Crippen LogP contribution in [0, 0.1) is 0 Å². The number of amides is 1. The molecule has 0 bridgehead atoms. The van der Waals surface area contributed by atoms with Crippen LogP contribution in [0.4, 0.5) is 5.69 Å². The number of hydrogen-bond donors (Lipinski definition) is 2. The van der Waals surface area contributed by atoms with Crippen LogP contribution in [0.5, 0.6) is 5.75 Å². The van der Waals surface area contributed by atoms with Crippen molar-refractivity contribution in [2.75, 3.05) is 18.1 Å². The quantitative estimate of drug-likeness (QED) is 0.847. The molecule has 1 heterocycles. The van der Waals surface area contributed by atoms with E-state index in [2.05, 4.69) is 0 Å². The van der Waals surface area contributed by atoms with Crippen LogP contribution in [0.1, 0.15) is 12.8 Å². The Kier molecular flexibility index (Phi) is 4.01. The lowest BCUT2D eigenvalue weighted by Gasteiger charge is -2.32. The molecule has 1 atom stereocenters. The molecule has 0 radical (unpaired) electrons. The number of carboxylic acid groups (broad SMARTS) is 1. The van der Waals surface area contributed by atoms with E-state index in [0.717, 1.165) is 0 Å². The molecule has 2 N–H and O–H groups in total. The lowest BCUT2D eigenvalue weighted by atomic mass is 10.1. The average molecular weight is 265 g/mol. The molecule has 1 fully saturated rings. The second-order valence-electron chi connectivity index (χ2n) is 4.39. The minimum Gasteiger partial charge on any atom is -0.508 e. The molecule has 0 spiro atoms. The average Bonchev–Trinajstić information content (AvgIpc) is 2.37. The van der Waals surface area contributed by atoms with E-state index in [1.807, 2.05) is 0 Å². The van der Waals surface area contributed by atoms with E-state index >= 15 is 0 Å². The number of phenols is 1. The highest BCUT2D eigenvalue weighted by Crippen LogP contribution is 2.23. The van der Waals surface area contributed by atoms with Crippen molar-refractivity contribution in [1.82, 2.24) is 0 Å². The van der Waals surface area contributed by atoms with Gasteiger partial charge in [0.25, 0.3) is 5.91 Å². The van der Waals surface area contributed by atoms with E-state index in [0.29, 0.717) is 18.7 Å². The number of carbonyl (C=O) groups excluding carboxylic acids is 1. The largest absolute Gasteiger partial charge is 0.508 e. The molecule has 1 unspecified atom stereocenters. The maximum atomic E-state index is 11.8. The predicted octanol–water partition coefficient (Wildman–Crippen LogP) is 0.989. The highest BCUT2D eigenvalue weighted by molar-refractivity contribution is 5.95. The van der Waals surface area contributed by atoms with Gasteiger partial charge in [-0.3, -0.25) is 9.59 Å². The number of benzene rings is 1. The van der Waals surface area contributed by atoms with Crippen molar-refractivity contribution in [2.24, 2.45) is 0 Å². The Morgan fingerprint density at radius 2 is 2.26 bits per heavy atom. The molecule has 6 nitrogen and oxygen atoms in total. The molecule has 0 aromatic heterocycles. The van der Waals surface area contributed by atoms with Crippen molar-refractivity contribution >= 4 is 17.6 Å². The van der Waals surface area contributed by atoms with Gasteiger partial charge in [-0.2, -0.15) is 0 Å². The minimum absolute atomic E-state index is 0.00668. The Balaban J connectivity index is 2.06. The van der Waals surface area contributed by atoms with Gasteiger partial charge in [0.2, 0.25) is 0 Å². The summed E-state index contributed by atoms with van der Waals surface area (Å²) in [6.45, 7) is 0.232. The fraction of sp³-hybridized carbons (Fsp3) is 0.385. The summed E-state index contributed by atoms with van der Waals surface area (Å²) in [7, 11) is 0. The third-order valence-electron chi connectivity index (χ3n) is 2.95. The number of carboxylic acids is 1. The van der Waals surface area contributed by atoms with E-state index in [1.165, 1.54) is 17.0 Å². The zero-order chi connectivity index (χ0) is 13.8. The summed E-state index contributed by atoms with van der Waals surface area (Å²) < 4.78 is 5.31. The van der Waals surface area contributed by atoms with Gasteiger partial charge in [-0.15, -0.1) is 0 Å². The summed E-state index contributed by atoms with van der Waals surface area (Å²) >= 11 is 0. The van der Waals surface area contributed by atoms with Gasteiger partial charge in [0.15, 0.2) is 0 Å². The third-order valence-corrected chi connectivity index (χ3v) is 2.95. The van der Waals surface area contributed by atoms with Crippen molar-refractivity contribution in [3.8, 4) is 5.75 Å². The molecule has 19 heavy (non-hydrogen) atoms. The zero-order valence-electron chi connectivity index (χ0n) is 10.3. The SMILES string of the molecule is O=C(O)CCC1CN(c2cccc(O)c2)C(=O)CO1. The molecule has 102 valence electrons. The number of ether oxygens (including phenoxy) is 1. The highest BCUT2D eigenvalue weighted by Gasteiger charge is 2.27. The van der Waals surface area contributed by atoms with Crippen molar-refractivity contribution < 1.29 is 24.5 Å². The Morgan fingerprint density at radius 1 is 1.47 bits per heavy atom. The van der Waals surface area contributed by atoms with Crippen LogP contribution < -0.4 is 4.90 Å². The highest BCUT2D eigenvalue weighted by atomic mass is 16.5. The van der Waals surface area contributed by atoms with Gasteiger partial charge in [-0.1, -0.05) is 6.07 Å². The standard InChI is InChI=1S/C13H15NO5/c15-10-3-1-2-9(6-10)14-7-11(4-5-13(17)18)19-8-12(14)16/h1-3,6,11,15H,4-5,7-8H2,(H,17,18). The van der Waals surface area contributed by atoms with Crippen molar-refractivity contribution in [3.63, 3.8) is 0 Å². The Morgan fingerprint density at radius 3 is 2.95 bits per heavy atom. The van der Waals surface area contributed by atoms with E-state index in [-0.39, 0.29) is 30.8 Å². The van der Waals surface area contributed by atoms with Crippen LogP contribution >= 0.6 is 0 Å². The third kappa shape index (κ3) is 3.45. The zero-order valence-corrected chi connectivity index (χ0v) is 10.3. The predicted molar refractivity (Wildman–Crippen MR) is 67.1 cm³/mol. The summed E-state index contributed by atoms with van der Waals surface area (Å²) in [6, 6.07) is 6.39. The maximum absolute atomic E-state index is 11.8. The number of morpholine rings is 1. The van der Waals surface area contributed by atoms with Crippen LogP contribution in [-0.4, -0.2) is 41.3 Å². The second kappa shape index (κ2) is 5.71. The summed E-state index contributed by atoms with van der Waals surface area (Å²) in [4.78, 5) is 23.8. The number of anilines is 1. The molecule has 0 saturated carbocycles. The van der Waals surface area contributed by atoms with Gasteiger partial charge >= 0.3 is 5.97 Å². The number of aromatic hydroxyl groups is 1. The van der Waals surface area contributed by atoms with E-state index < -0.39 is 5.97 Å². The lowest BCUT2D eigenvalue weighted by molar-refractivity contribution is -0.138.